The average Bonchev–Trinajstić information content (AvgIpc) is 2.26. The molecule has 1 unspecified atom stereocenters. The molecule has 18 heavy (non-hydrogen) atoms. The molecule has 102 valence electrons. The van der Waals surface area contributed by atoms with Crippen LogP contribution in [0.3, 0.4) is 0 Å². The van der Waals surface area contributed by atoms with Crippen LogP contribution < -0.4 is 4.72 Å². The lowest BCUT2D eigenvalue weighted by atomic mass is 10.1. The van der Waals surface area contributed by atoms with Gasteiger partial charge < -0.3 is 5.11 Å². The van der Waals surface area contributed by atoms with Crippen LogP contribution in [0.4, 0.5) is 4.39 Å². The van der Waals surface area contributed by atoms with Crippen LogP contribution in [-0.4, -0.2) is 26.7 Å². The van der Waals surface area contributed by atoms with Crippen LogP contribution in [0, 0.1) is 18.7 Å². The zero-order valence-electron chi connectivity index (χ0n) is 10.5. The Bertz CT molecular complexity index is 482. The van der Waals surface area contributed by atoms with Gasteiger partial charge in [0.2, 0.25) is 10.0 Å². The molecule has 2 N–H and O–H groups in total. The second-order valence-corrected chi connectivity index (χ2v) is 6.20. The van der Waals surface area contributed by atoms with Gasteiger partial charge in [-0.2, -0.15) is 0 Å². The zero-order valence-corrected chi connectivity index (χ0v) is 11.3. The second kappa shape index (κ2) is 6.26. The minimum absolute atomic E-state index is 0.0158. The van der Waals surface area contributed by atoms with E-state index in [1.807, 2.05) is 6.92 Å². The summed E-state index contributed by atoms with van der Waals surface area (Å²) in [5, 5.41) is 8.73. The Balaban J connectivity index is 2.80. The van der Waals surface area contributed by atoms with E-state index in [1.165, 1.54) is 12.1 Å². The van der Waals surface area contributed by atoms with E-state index in [9.17, 15) is 12.8 Å². The third-order valence-electron chi connectivity index (χ3n) is 2.57. The van der Waals surface area contributed by atoms with Crippen molar-refractivity contribution in [1.29, 1.82) is 0 Å². The minimum Gasteiger partial charge on any atom is -0.396 e. The summed E-state index contributed by atoms with van der Waals surface area (Å²) in [5.74, 6) is -0.543. The molecule has 0 spiro atoms. The van der Waals surface area contributed by atoms with Crippen molar-refractivity contribution in [3.8, 4) is 0 Å². The van der Waals surface area contributed by atoms with E-state index in [2.05, 4.69) is 4.72 Å². The molecule has 0 fully saturated rings. The fourth-order valence-corrected chi connectivity index (χ4v) is 2.80. The van der Waals surface area contributed by atoms with Gasteiger partial charge in [-0.05, 0) is 43.0 Å². The van der Waals surface area contributed by atoms with Crippen molar-refractivity contribution < 1.29 is 17.9 Å². The molecule has 0 aromatic heterocycles. The SMILES string of the molecule is Cc1cc(F)cc(S(=O)(=O)NCC(C)CCO)c1. The van der Waals surface area contributed by atoms with E-state index in [0.717, 1.165) is 6.07 Å². The van der Waals surface area contributed by atoms with Crippen molar-refractivity contribution >= 4 is 10.0 Å². The van der Waals surface area contributed by atoms with E-state index in [4.69, 9.17) is 5.11 Å². The van der Waals surface area contributed by atoms with Gasteiger partial charge in [0.15, 0.2) is 0 Å². The molecule has 0 aliphatic carbocycles. The molecule has 6 heteroatoms. The highest BCUT2D eigenvalue weighted by Gasteiger charge is 2.16. The Labute approximate surface area is 107 Å². The predicted octanol–water partition coefficient (Wildman–Crippen LogP) is 1.43. The first kappa shape index (κ1) is 15.1. The molecule has 0 bridgehead atoms. The van der Waals surface area contributed by atoms with E-state index in [1.54, 1.807) is 6.92 Å². The number of hydrogen-bond donors (Lipinski definition) is 2. The van der Waals surface area contributed by atoms with Gasteiger partial charge in [0.05, 0.1) is 4.90 Å². The molecule has 0 saturated carbocycles. The van der Waals surface area contributed by atoms with E-state index in [0.29, 0.717) is 12.0 Å². The number of nitrogens with one attached hydrogen (secondary N) is 1. The van der Waals surface area contributed by atoms with Crippen LogP contribution in [0.25, 0.3) is 0 Å². The number of halogens is 1. The van der Waals surface area contributed by atoms with Crippen molar-refractivity contribution in [2.24, 2.45) is 5.92 Å². The fraction of sp³-hybridized carbons (Fsp3) is 0.500. The lowest BCUT2D eigenvalue weighted by molar-refractivity contribution is 0.263. The van der Waals surface area contributed by atoms with Gasteiger partial charge in [0.1, 0.15) is 5.82 Å². The van der Waals surface area contributed by atoms with Crippen LogP contribution in [-0.2, 0) is 10.0 Å². The lowest BCUT2D eigenvalue weighted by Gasteiger charge is -2.12. The number of rotatable bonds is 6. The molecule has 1 aromatic carbocycles. The summed E-state index contributed by atoms with van der Waals surface area (Å²) >= 11 is 0. The Morgan fingerprint density at radius 1 is 1.39 bits per heavy atom. The monoisotopic (exact) mass is 275 g/mol. The first-order valence-electron chi connectivity index (χ1n) is 5.73. The van der Waals surface area contributed by atoms with Gasteiger partial charge >= 0.3 is 0 Å². The Hall–Kier alpha value is -0.980. The summed E-state index contributed by atoms with van der Waals surface area (Å²) in [5.41, 5.74) is 0.554. The molecule has 0 aliphatic rings. The van der Waals surface area contributed by atoms with Gasteiger partial charge in [-0.15, -0.1) is 0 Å². The summed E-state index contributed by atoms with van der Waals surface area (Å²) in [4.78, 5) is -0.0730. The van der Waals surface area contributed by atoms with Gasteiger partial charge in [-0.3, -0.25) is 0 Å². The van der Waals surface area contributed by atoms with Gasteiger partial charge in [-0.25, -0.2) is 17.5 Å². The number of sulfonamides is 1. The molecule has 0 radical (unpaired) electrons. The Morgan fingerprint density at radius 2 is 2.06 bits per heavy atom. The maximum Gasteiger partial charge on any atom is 0.240 e. The molecular weight excluding hydrogens is 257 g/mol. The van der Waals surface area contributed by atoms with Crippen molar-refractivity contribution in [2.75, 3.05) is 13.2 Å². The molecule has 0 amide bonds. The molecule has 0 heterocycles. The van der Waals surface area contributed by atoms with Crippen LogP contribution in [0.2, 0.25) is 0 Å². The molecule has 1 rings (SSSR count). The number of aliphatic hydroxyl groups is 1. The average molecular weight is 275 g/mol. The Morgan fingerprint density at radius 3 is 2.61 bits per heavy atom. The minimum atomic E-state index is -3.69. The molecule has 0 saturated heterocycles. The normalized spacial score (nSPS) is 13.6. The number of hydrogen-bond acceptors (Lipinski definition) is 3. The van der Waals surface area contributed by atoms with Gasteiger partial charge in [0, 0.05) is 13.2 Å². The summed E-state index contributed by atoms with van der Waals surface area (Å²) in [6.45, 7) is 3.70. The molecule has 0 aliphatic heterocycles. The highest BCUT2D eigenvalue weighted by molar-refractivity contribution is 7.89. The van der Waals surface area contributed by atoms with E-state index < -0.39 is 15.8 Å². The number of benzene rings is 1. The summed E-state index contributed by atoms with van der Waals surface area (Å²) in [6, 6.07) is 3.68. The van der Waals surface area contributed by atoms with Gasteiger partial charge in [0.25, 0.3) is 0 Å². The molecular formula is C12H18FNO3S. The predicted molar refractivity (Wildman–Crippen MR) is 67.2 cm³/mol. The Kier molecular flexibility index (Phi) is 5.25. The molecule has 4 nitrogen and oxygen atoms in total. The van der Waals surface area contributed by atoms with Crippen molar-refractivity contribution in [3.05, 3.63) is 29.6 Å². The van der Waals surface area contributed by atoms with Crippen molar-refractivity contribution in [3.63, 3.8) is 0 Å². The van der Waals surface area contributed by atoms with E-state index >= 15 is 0 Å². The number of aryl methyl sites for hydroxylation is 1. The summed E-state index contributed by atoms with van der Waals surface area (Å²) in [6.07, 6.45) is 0.519. The van der Waals surface area contributed by atoms with Crippen LogP contribution >= 0.6 is 0 Å². The van der Waals surface area contributed by atoms with Crippen LogP contribution in [0.5, 0.6) is 0 Å². The third kappa shape index (κ3) is 4.36. The van der Waals surface area contributed by atoms with Crippen molar-refractivity contribution in [2.45, 2.75) is 25.2 Å². The standard InChI is InChI=1S/C12H18FNO3S/c1-9(3-4-15)8-14-18(16,17)12-6-10(2)5-11(13)7-12/h5-7,9,14-15H,3-4,8H2,1-2H3. The van der Waals surface area contributed by atoms with Crippen molar-refractivity contribution in [1.82, 2.24) is 4.72 Å². The highest BCUT2D eigenvalue weighted by Crippen LogP contribution is 2.14. The largest absolute Gasteiger partial charge is 0.396 e. The molecule has 1 aromatic rings. The van der Waals surface area contributed by atoms with E-state index in [-0.39, 0.29) is 24.0 Å². The summed E-state index contributed by atoms with van der Waals surface area (Å²) in [7, 11) is -3.69. The van der Waals surface area contributed by atoms with Gasteiger partial charge in [-0.1, -0.05) is 6.92 Å². The maximum absolute atomic E-state index is 13.2. The quantitative estimate of drug-likeness (QED) is 0.825. The number of aliphatic hydroxyl groups excluding tert-OH is 1. The first-order valence-corrected chi connectivity index (χ1v) is 7.21. The maximum atomic E-state index is 13.2. The zero-order chi connectivity index (χ0) is 13.8. The first-order chi connectivity index (χ1) is 8.35. The topological polar surface area (TPSA) is 66.4 Å². The second-order valence-electron chi connectivity index (χ2n) is 4.43. The fourth-order valence-electron chi connectivity index (χ4n) is 1.52. The lowest BCUT2D eigenvalue weighted by Crippen LogP contribution is -2.29. The highest BCUT2D eigenvalue weighted by atomic mass is 32.2. The smallest absolute Gasteiger partial charge is 0.240 e. The van der Waals surface area contributed by atoms with Crippen LogP contribution in [0.1, 0.15) is 18.9 Å². The summed E-state index contributed by atoms with van der Waals surface area (Å²) < 4.78 is 39.4. The molecule has 1 atom stereocenters. The third-order valence-corrected chi connectivity index (χ3v) is 3.97. The van der Waals surface area contributed by atoms with Crippen LogP contribution in [0.15, 0.2) is 23.1 Å².